The molecule has 1 aliphatic heterocycles. The van der Waals surface area contributed by atoms with Crippen LogP contribution in [0.15, 0.2) is 12.4 Å². The van der Waals surface area contributed by atoms with Crippen LogP contribution >= 0.6 is 0 Å². The minimum atomic E-state index is -2.87. The van der Waals surface area contributed by atoms with Crippen LogP contribution in [0.5, 0.6) is 0 Å². The van der Waals surface area contributed by atoms with Crippen LogP contribution in [-0.4, -0.2) is 31.2 Å². The maximum atomic E-state index is 13.1. The summed E-state index contributed by atoms with van der Waals surface area (Å²) >= 11 is 0. The van der Waals surface area contributed by atoms with E-state index >= 15 is 0 Å². The summed E-state index contributed by atoms with van der Waals surface area (Å²) in [6.07, 6.45) is 5.94. The van der Waals surface area contributed by atoms with Crippen molar-refractivity contribution in [1.82, 2.24) is 19.3 Å². The van der Waals surface area contributed by atoms with Gasteiger partial charge in [-0.2, -0.15) is 5.10 Å². The number of carbonyl (C=O) groups is 1. The first-order valence-electron chi connectivity index (χ1n) is 7.73. The number of anilines is 1. The van der Waals surface area contributed by atoms with Gasteiger partial charge in [-0.3, -0.25) is 9.48 Å². The molecule has 2 aliphatic rings. The summed E-state index contributed by atoms with van der Waals surface area (Å²) in [6.45, 7) is 0.735. The van der Waals surface area contributed by atoms with Crippen LogP contribution in [-0.2, 0) is 24.8 Å². The summed E-state index contributed by atoms with van der Waals surface area (Å²) in [6, 6.07) is 0. The van der Waals surface area contributed by atoms with E-state index in [0.29, 0.717) is 11.5 Å². The lowest BCUT2D eigenvalue weighted by molar-refractivity contribution is -0.119. The fourth-order valence-corrected chi connectivity index (χ4v) is 3.06. The zero-order chi connectivity index (χ0) is 16.2. The molecule has 0 bridgehead atoms. The summed E-state index contributed by atoms with van der Waals surface area (Å²) in [5, 5.41) is 6.81. The predicted molar refractivity (Wildman–Crippen MR) is 79.1 cm³/mol. The normalized spacial score (nSPS) is 21.8. The number of carbonyl (C=O) groups excluding carboxylic acids is 1. The Labute approximate surface area is 131 Å². The molecule has 2 aromatic rings. The van der Waals surface area contributed by atoms with Gasteiger partial charge in [0.2, 0.25) is 5.91 Å². The Balaban J connectivity index is 1.71. The molecule has 1 aliphatic carbocycles. The number of fused-ring (bicyclic) bond motifs is 1. The number of hydrogen-bond acceptors (Lipinski definition) is 3. The van der Waals surface area contributed by atoms with Gasteiger partial charge in [-0.1, -0.05) is 0 Å². The topological polar surface area (TPSA) is 64.7 Å². The van der Waals surface area contributed by atoms with Crippen molar-refractivity contribution < 1.29 is 13.6 Å². The number of alkyl halides is 2. The van der Waals surface area contributed by atoms with Gasteiger partial charge in [-0.25, -0.2) is 13.8 Å². The highest BCUT2D eigenvalue weighted by Crippen LogP contribution is 2.49. The highest BCUT2D eigenvalue weighted by atomic mass is 19.3. The van der Waals surface area contributed by atoms with Crippen molar-refractivity contribution in [2.45, 2.75) is 38.2 Å². The average Bonchev–Trinajstić information content (AvgIpc) is 2.86. The molecule has 0 saturated heterocycles. The second-order valence-electron chi connectivity index (χ2n) is 6.24. The smallest absolute Gasteiger partial charge is 0.260 e. The van der Waals surface area contributed by atoms with Gasteiger partial charge in [0.1, 0.15) is 23.3 Å². The van der Waals surface area contributed by atoms with E-state index in [-0.39, 0.29) is 6.42 Å². The fraction of sp³-hybridized carbons (Fsp3) is 0.533. The first-order valence-corrected chi connectivity index (χ1v) is 7.73. The van der Waals surface area contributed by atoms with E-state index in [9.17, 15) is 13.6 Å². The summed E-state index contributed by atoms with van der Waals surface area (Å²) in [7, 11) is 1.79. The van der Waals surface area contributed by atoms with E-state index in [4.69, 9.17) is 0 Å². The highest BCUT2D eigenvalue weighted by Gasteiger charge is 2.61. The van der Waals surface area contributed by atoms with Gasteiger partial charge in [-0.05, 0) is 12.8 Å². The molecule has 8 heteroatoms. The highest BCUT2D eigenvalue weighted by molar-refractivity contribution is 5.97. The minimum absolute atomic E-state index is 0.373. The lowest BCUT2D eigenvalue weighted by Crippen LogP contribution is -2.21. The van der Waals surface area contributed by atoms with E-state index in [1.807, 2.05) is 4.57 Å². The van der Waals surface area contributed by atoms with Gasteiger partial charge in [-0.15, -0.1) is 0 Å². The van der Waals surface area contributed by atoms with E-state index in [1.165, 1.54) is 0 Å². The molecule has 0 aromatic carbocycles. The number of aryl methyl sites for hydroxylation is 2. The number of amides is 1. The second-order valence-corrected chi connectivity index (χ2v) is 6.24. The predicted octanol–water partition coefficient (Wildman–Crippen LogP) is 2.21. The molecule has 0 spiro atoms. The Kier molecular flexibility index (Phi) is 3.04. The third-order valence-electron chi connectivity index (χ3n) is 4.44. The largest absolute Gasteiger partial charge is 0.314 e. The molecule has 1 N–H and O–H groups in total. The quantitative estimate of drug-likeness (QED) is 0.943. The van der Waals surface area contributed by atoms with E-state index < -0.39 is 17.7 Å². The number of aromatic nitrogens is 4. The first-order chi connectivity index (χ1) is 11.0. The Bertz CT molecular complexity index is 779. The van der Waals surface area contributed by atoms with Crippen LogP contribution < -0.4 is 5.32 Å². The molecule has 1 fully saturated rings. The minimum Gasteiger partial charge on any atom is -0.314 e. The molecule has 2 aromatic heterocycles. The molecular formula is C15H17F2N5O. The van der Waals surface area contributed by atoms with Crippen LogP contribution in [0.1, 0.15) is 25.1 Å². The van der Waals surface area contributed by atoms with Gasteiger partial charge in [0.25, 0.3) is 5.92 Å². The number of hydrogen-bond donors (Lipinski definition) is 1. The van der Waals surface area contributed by atoms with Crippen molar-refractivity contribution in [3.8, 4) is 11.3 Å². The first kappa shape index (κ1) is 14.3. The van der Waals surface area contributed by atoms with E-state index in [2.05, 4.69) is 15.4 Å². The van der Waals surface area contributed by atoms with Crippen LogP contribution in [0.3, 0.4) is 0 Å². The maximum Gasteiger partial charge on any atom is 0.260 e. The van der Waals surface area contributed by atoms with Gasteiger partial charge < -0.3 is 9.88 Å². The van der Waals surface area contributed by atoms with Crippen LogP contribution in [0, 0.1) is 5.92 Å². The molecule has 122 valence electrons. The summed E-state index contributed by atoms with van der Waals surface area (Å²) in [5.74, 6) is -3.33. The third-order valence-corrected chi connectivity index (χ3v) is 4.44. The molecule has 1 unspecified atom stereocenters. The standard InChI is InChI=1S/C15H17F2N5O/c1-21-8-9(7-18-21)12-13(20-14(23)10-6-15(10,16)17)22-5-3-2-4-11(22)19-12/h7-8,10H,2-6H2,1H3,(H,20,23). The van der Waals surface area contributed by atoms with Crippen LogP contribution in [0.25, 0.3) is 11.3 Å². The lowest BCUT2D eigenvalue weighted by Gasteiger charge is -2.16. The second kappa shape index (κ2) is 4.87. The zero-order valence-electron chi connectivity index (χ0n) is 12.7. The fourth-order valence-electron chi connectivity index (χ4n) is 3.06. The van der Waals surface area contributed by atoms with Crippen molar-refractivity contribution in [3.05, 3.63) is 18.2 Å². The molecule has 1 saturated carbocycles. The molecule has 4 rings (SSSR count). The molecule has 1 atom stereocenters. The summed E-state index contributed by atoms with van der Waals surface area (Å²) < 4.78 is 29.9. The monoisotopic (exact) mass is 321 g/mol. The maximum absolute atomic E-state index is 13.1. The van der Waals surface area contributed by atoms with Crippen molar-refractivity contribution in [2.24, 2.45) is 13.0 Å². The van der Waals surface area contributed by atoms with Crippen LogP contribution in [0.4, 0.5) is 14.6 Å². The molecule has 0 radical (unpaired) electrons. The zero-order valence-corrected chi connectivity index (χ0v) is 12.7. The number of nitrogens with one attached hydrogen (secondary N) is 1. The SMILES string of the molecule is Cn1cc(-c2nc3n(c2NC(=O)C2CC2(F)F)CCCC3)cn1. The summed E-state index contributed by atoms with van der Waals surface area (Å²) in [5.41, 5.74) is 1.37. The molecule has 6 nitrogen and oxygen atoms in total. The number of halogens is 2. The molecule has 1 amide bonds. The Morgan fingerprint density at radius 3 is 2.87 bits per heavy atom. The lowest BCUT2D eigenvalue weighted by atomic mass is 10.2. The number of imidazole rings is 1. The number of nitrogens with zero attached hydrogens (tertiary/aromatic N) is 4. The van der Waals surface area contributed by atoms with Crippen LogP contribution in [0.2, 0.25) is 0 Å². The number of rotatable bonds is 3. The molecular weight excluding hydrogens is 304 g/mol. The molecule has 3 heterocycles. The van der Waals surface area contributed by atoms with Gasteiger partial charge in [0, 0.05) is 38.2 Å². The Morgan fingerprint density at radius 1 is 1.43 bits per heavy atom. The van der Waals surface area contributed by atoms with Crippen molar-refractivity contribution in [2.75, 3.05) is 5.32 Å². The van der Waals surface area contributed by atoms with E-state index in [0.717, 1.165) is 37.2 Å². The third kappa shape index (κ3) is 2.42. The molecule has 23 heavy (non-hydrogen) atoms. The Morgan fingerprint density at radius 2 is 2.22 bits per heavy atom. The van der Waals surface area contributed by atoms with Gasteiger partial charge in [0.05, 0.1) is 6.20 Å². The van der Waals surface area contributed by atoms with Crippen molar-refractivity contribution >= 4 is 11.7 Å². The van der Waals surface area contributed by atoms with Crippen molar-refractivity contribution in [3.63, 3.8) is 0 Å². The van der Waals surface area contributed by atoms with E-state index in [1.54, 1.807) is 24.1 Å². The van der Waals surface area contributed by atoms with Crippen molar-refractivity contribution in [1.29, 1.82) is 0 Å². The van der Waals surface area contributed by atoms with Gasteiger partial charge >= 0.3 is 0 Å². The average molecular weight is 321 g/mol. The van der Waals surface area contributed by atoms with Gasteiger partial charge in [0.15, 0.2) is 0 Å². The summed E-state index contributed by atoms with van der Waals surface area (Å²) in [4.78, 5) is 16.7. The Hall–Kier alpha value is -2.25.